The molecule has 0 saturated carbocycles. The molecule has 0 radical (unpaired) electrons. The van der Waals surface area contributed by atoms with E-state index in [1.807, 2.05) is 55.5 Å². The van der Waals surface area contributed by atoms with Crippen LogP contribution < -0.4 is 14.4 Å². The van der Waals surface area contributed by atoms with Crippen molar-refractivity contribution < 1.29 is 14.3 Å². The molecule has 3 aromatic rings. The normalized spacial score (nSPS) is 14.7. The number of thiocarbonyl (C=S) groups is 1. The molecule has 0 aliphatic carbocycles. The first-order chi connectivity index (χ1) is 16.8. The Morgan fingerprint density at radius 2 is 1.94 bits per heavy atom. The van der Waals surface area contributed by atoms with Gasteiger partial charge in [0.2, 0.25) is 0 Å². The van der Waals surface area contributed by atoms with Crippen molar-refractivity contribution in [3.05, 3.63) is 88.7 Å². The van der Waals surface area contributed by atoms with Gasteiger partial charge in [0.25, 0.3) is 5.91 Å². The summed E-state index contributed by atoms with van der Waals surface area (Å²) in [6.07, 6.45) is 1.82. The van der Waals surface area contributed by atoms with Crippen LogP contribution >= 0.6 is 85.7 Å². The molecule has 10 heteroatoms. The van der Waals surface area contributed by atoms with E-state index in [2.05, 4.69) is 38.5 Å². The number of hydrogen-bond donors (Lipinski definition) is 0. The van der Waals surface area contributed by atoms with Gasteiger partial charge in [0.1, 0.15) is 6.61 Å². The molecule has 1 heterocycles. The minimum absolute atomic E-state index is 0.163. The highest BCUT2D eigenvalue weighted by atomic mass is 127. The summed E-state index contributed by atoms with van der Waals surface area (Å²) in [5.74, 6) is 1.03. The van der Waals surface area contributed by atoms with Crippen LogP contribution in [0.3, 0.4) is 0 Å². The van der Waals surface area contributed by atoms with Crippen LogP contribution in [0.15, 0.2) is 64.0 Å². The van der Waals surface area contributed by atoms with Gasteiger partial charge in [0.05, 0.1) is 20.8 Å². The largest absolute Gasteiger partial charge is 0.490 e. The fourth-order valence-electron chi connectivity index (χ4n) is 3.32. The lowest BCUT2D eigenvalue weighted by atomic mass is 10.1. The minimum Gasteiger partial charge on any atom is -0.490 e. The highest BCUT2D eigenvalue weighted by molar-refractivity contribution is 14.1. The molecule has 0 N–H and O–H groups in total. The van der Waals surface area contributed by atoms with E-state index in [1.165, 1.54) is 11.8 Å². The van der Waals surface area contributed by atoms with Crippen molar-refractivity contribution in [2.24, 2.45) is 0 Å². The van der Waals surface area contributed by atoms with E-state index in [1.54, 1.807) is 17.0 Å². The zero-order chi connectivity index (χ0) is 25.1. The highest BCUT2D eigenvalue weighted by Crippen LogP contribution is 2.40. The molecular formula is C25H17BrCl2INO3S2. The number of benzene rings is 3. The molecule has 3 aromatic carbocycles. The number of anilines is 1. The van der Waals surface area contributed by atoms with Crippen LogP contribution in [0.4, 0.5) is 5.69 Å². The van der Waals surface area contributed by atoms with E-state index >= 15 is 0 Å². The Balaban J connectivity index is 1.61. The molecule has 0 spiro atoms. The van der Waals surface area contributed by atoms with Gasteiger partial charge in [-0.15, -0.1) is 0 Å². The first-order valence-corrected chi connectivity index (χ1v) is 14.2. The molecule has 0 bridgehead atoms. The Morgan fingerprint density at radius 1 is 1.14 bits per heavy atom. The summed E-state index contributed by atoms with van der Waals surface area (Å²) in [4.78, 5) is 15.2. The molecule has 0 aromatic heterocycles. The number of nitrogens with zero attached hydrogens (tertiary/aromatic N) is 1. The van der Waals surface area contributed by atoms with E-state index in [0.717, 1.165) is 24.9 Å². The van der Waals surface area contributed by atoms with Crippen LogP contribution in [-0.4, -0.2) is 16.8 Å². The van der Waals surface area contributed by atoms with E-state index in [9.17, 15) is 4.79 Å². The van der Waals surface area contributed by atoms with Crippen molar-refractivity contribution in [1.29, 1.82) is 0 Å². The van der Waals surface area contributed by atoms with Crippen LogP contribution in [0.2, 0.25) is 10.0 Å². The van der Waals surface area contributed by atoms with Crippen molar-refractivity contribution >= 4 is 108 Å². The standard InChI is InChI=1S/C25H17BrCl2INO3S2/c1-2-32-21-9-14(8-20(29)23(21)33-13-15-6-7-17(27)12-19(15)28)10-22-24(31)30(25(34)35-22)18-5-3-4-16(26)11-18/h3-12H,2,13H2,1H3/b22-10+. The van der Waals surface area contributed by atoms with Crippen LogP contribution in [0.5, 0.6) is 11.5 Å². The number of ether oxygens (including phenoxy) is 2. The quantitative estimate of drug-likeness (QED) is 0.139. The Kier molecular flexibility index (Phi) is 9.04. The lowest BCUT2D eigenvalue weighted by Crippen LogP contribution is -2.27. The maximum atomic E-state index is 13.2. The molecule has 180 valence electrons. The predicted molar refractivity (Wildman–Crippen MR) is 161 cm³/mol. The second-order valence-corrected chi connectivity index (χ2v) is 11.9. The summed E-state index contributed by atoms with van der Waals surface area (Å²) >= 11 is 24.7. The molecule has 35 heavy (non-hydrogen) atoms. The molecule has 1 aliphatic heterocycles. The molecular weight excluding hydrogens is 704 g/mol. The van der Waals surface area contributed by atoms with Gasteiger partial charge in [-0.25, -0.2) is 0 Å². The van der Waals surface area contributed by atoms with Crippen LogP contribution in [0.25, 0.3) is 6.08 Å². The molecule has 1 fully saturated rings. The lowest BCUT2D eigenvalue weighted by Gasteiger charge is -2.16. The third-order valence-corrected chi connectivity index (χ3v) is 8.06. The van der Waals surface area contributed by atoms with Gasteiger partial charge < -0.3 is 9.47 Å². The highest BCUT2D eigenvalue weighted by Gasteiger charge is 2.33. The predicted octanol–water partition coefficient (Wildman–Crippen LogP) is 8.74. The lowest BCUT2D eigenvalue weighted by molar-refractivity contribution is -0.113. The smallest absolute Gasteiger partial charge is 0.270 e. The summed E-state index contributed by atoms with van der Waals surface area (Å²) in [6.45, 7) is 2.63. The first kappa shape index (κ1) is 26.8. The van der Waals surface area contributed by atoms with E-state index < -0.39 is 0 Å². The molecule has 4 rings (SSSR count). The average Bonchev–Trinajstić information content (AvgIpc) is 3.07. The second kappa shape index (κ2) is 11.8. The van der Waals surface area contributed by atoms with Crippen molar-refractivity contribution in [3.8, 4) is 11.5 Å². The van der Waals surface area contributed by atoms with Crippen molar-refractivity contribution in [2.45, 2.75) is 13.5 Å². The molecule has 4 nitrogen and oxygen atoms in total. The van der Waals surface area contributed by atoms with E-state index in [0.29, 0.717) is 37.4 Å². The molecule has 1 saturated heterocycles. The third kappa shape index (κ3) is 6.34. The fraction of sp³-hybridized carbons (Fsp3) is 0.120. The van der Waals surface area contributed by atoms with Gasteiger partial charge in [-0.3, -0.25) is 9.69 Å². The number of thioether (sulfide) groups is 1. The zero-order valence-corrected chi connectivity index (χ0v) is 25.1. The Morgan fingerprint density at radius 3 is 2.66 bits per heavy atom. The Hall–Kier alpha value is -1.30. The molecule has 0 unspecified atom stereocenters. The van der Waals surface area contributed by atoms with E-state index in [4.69, 9.17) is 44.9 Å². The minimum atomic E-state index is -0.163. The average molecular weight is 721 g/mol. The summed E-state index contributed by atoms with van der Waals surface area (Å²) < 4.78 is 14.2. The number of carbonyl (C=O) groups excluding carboxylic acids is 1. The Bertz CT molecular complexity index is 1350. The van der Waals surface area contributed by atoms with Gasteiger partial charge in [-0.1, -0.05) is 75.2 Å². The zero-order valence-electron chi connectivity index (χ0n) is 18.2. The number of amides is 1. The fourth-order valence-corrected chi connectivity index (χ4v) is 6.25. The van der Waals surface area contributed by atoms with Crippen LogP contribution in [0, 0.1) is 3.57 Å². The second-order valence-electron chi connectivity index (χ2n) is 7.28. The van der Waals surface area contributed by atoms with Gasteiger partial charge in [0.15, 0.2) is 15.8 Å². The SMILES string of the molecule is CCOc1cc(/C=C2/SC(=S)N(c3cccc(Br)c3)C2=O)cc(I)c1OCc1ccc(Cl)cc1Cl. The van der Waals surface area contributed by atoms with Gasteiger partial charge in [-0.2, -0.15) is 0 Å². The van der Waals surface area contributed by atoms with Crippen molar-refractivity contribution in [2.75, 3.05) is 11.5 Å². The summed E-state index contributed by atoms with van der Waals surface area (Å²) in [6, 6.07) is 16.6. The van der Waals surface area contributed by atoms with Gasteiger partial charge in [0, 0.05) is 20.1 Å². The monoisotopic (exact) mass is 719 g/mol. The molecule has 1 amide bonds. The summed E-state index contributed by atoms with van der Waals surface area (Å²) in [5.41, 5.74) is 2.35. The number of carbonyl (C=O) groups is 1. The third-order valence-electron chi connectivity index (χ3n) is 4.88. The molecule has 0 atom stereocenters. The summed E-state index contributed by atoms with van der Waals surface area (Å²) in [5, 5.41) is 1.10. The van der Waals surface area contributed by atoms with Gasteiger partial charge in [-0.05, 0) is 83.6 Å². The van der Waals surface area contributed by atoms with Crippen LogP contribution in [-0.2, 0) is 11.4 Å². The molecule has 1 aliphatic rings. The first-order valence-electron chi connectivity index (χ1n) is 10.3. The Labute approximate surface area is 245 Å². The topological polar surface area (TPSA) is 38.8 Å². The van der Waals surface area contributed by atoms with Crippen molar-refractivity contribution in [1.82, 2.24) is 0 Å². The number of halogens is 4. The maximum absolute atomic E-state index is 13.2. The number of rotatable bonds is 7. The number of hydrogen-bond acceptors (Lipinski definition) is 5. The summed E-state index contributed by atoms with van der Waals surface area (Å²) in [7, 11) is 0. The van der Waals surface area contributed by atoms with Crippen molar-refractivity contribution in [3.63, 3.8) is 0 Å². The van der Waals surface area contributed by atoms with E-state index in [-0.39, 0.29) is 12.5 Å². The van der Waals surface area contributed by atoms with Gasteiger partial charge >= 0.3 is 0 Å². The maximum Gasteiger partial charge on any atom is 0.270 e. The van der Waals surface area contributed by atoms with Crippen LogP contribution in [0.1, 0.15) is 18.1 Å².